The maximum Gasteiger partial charge on any atom is 0.313 e. The molecule has 5 nitrogen and oxygen atoms in total. The summed E-state index contributed by atoms with van der Waals surface area (Å²) in [6.45, 7) is 10.9. The second kappa shape index (κ2) is 11.4. The van der Waals surface area contributed by atoms with Gasteiger partial charge in [0, 0.05) is 5.56 Å². The molecule has 5 heteroatoms. The summed E-state index contributed by atoms with van der Waals surface area (Å²) in [5.41, 5.74) is 3.28. The summed E-state index contributed by atoms with van der Waals surface area (Å²) in [6, 6.07) is 23.1. The van der Waals surface area contributed by atoms with Gasteiger partial charge >= 0.3 is 5.97 Å². The van der Waals surface area contributed by atoms with E-state index in [0.717, 1.165) is 48.2 Å². The Morgan fingerprint density at radius 3 is 1.67 bits per heavy atom. The molecular formula is C34H41NO4. The van der Waals surface area contributed by atoms with Gasteiger partial charge in [0.15, 0.2) is 5.78 Å². The van der Waals surface area contributed by atoms with E-state index in [-0.39, 0.29) is 17.7 Å². The molecule has 0 saturated carbocycles. The maximum absolute atomic E-state index is 13.5. The van der Waals surface area contributed by atoms with E-state index in [9.17, 15) is 19.8 Å². The summed E-state index contributed by atoms with van der Waals surface area (Å²) in [6.07, 6.45) is 2.23. The lowest BCUT2D eigenvalue weighted by Crippen LogP contribution is -2.49. The van der Waals surface area contributed by atoms with Crippen LogP contribution in [-0.2, 0) is 15.8 Å². The molecule has 3 aromatic carbocycles. The summed E-state index contributed by atoms with van der Waals surface area (Å²) >= 11 is 0. The topological polar surface area (TPSA) is 77.8 Å². The van der Waals surface area contributed by atoms with Crippen molar-refractivity contribution in [1.82, 2.24) is 4.90 Å². The van der Waals surface area contributed by atoms with Gasteiger partial charge in [0.25, 0.3) is 0 Å². The molecule has 1 aliphatic heterocycles. The Hall–Kier alpha value is -3.28. The van der Waals surface area contributed by atoms with Crippen LogP contribution in [0.1, 0.15) is 78.2 Å². The fourth-order valence-corrected chi connectivity index (χ4v) is 5.86. The van der Waals surface area contributed by atoms with Gasteiger partial charge in [0.2, 0.25) is 0 Å². The van der Waals surface area contributed by atoms with Crippen molar-refractivity contribution in [3.8, 4) is 0 Å². The molecule has 0 spiro atoms. The molecule has 0 aliphatic carbocycles. The Kier molecular flexibility index (Phi) is 8.43. The van der Waals surface area contributed by atoms with E-state index in [1.54, 1.807) is 38.1 Å². The molecule has 1 atom stereocenters. The molecule has 1 unspecified atom stereocenters. The number of Topliss-reactive ketones (excluding diaryl/α,β-unsaturated/α-hetero) is 1. The van der Waals surface area contributed by atoms with E-state index in [1.165, 1.54) is 0 Å². The Bertz CT molecular complexity index is 1240. The summed E-state index contributed by atoms with van der Waals surface area (Å²) in [5.74, 6) is -0.820. The van der Waals surface area contributed by atoms with Crippen molar-refractivity contribution in [2.75, 3.05) is 13.1 Å². The fourth-order valence-electron chi connectivity index (χ4n) is 5.86. The highest BCUT2D eigenvalue weighted by Gasteiger charge is 2.43. The molecule has 1 heterocycles. The summed E-state index contributed by atoms with van der Waals surface area (Å²) < 4.78 is 0. The Labute approximate surface area is 232 Å². The summed E-state index contributed by atoms with van der Waals surface area (Å²) in [4.78, 5) is 27.4. The van der Waals surface area contributed by atoms with Crippen LogP contribution in [0.4, 0.5) is 0 Å². The minimum absolute atomic E-state index is 0.0179. The van der Waals surface area contributed by atoms with Crippen LogP contribution in [0.2, 0.25) is 0 Å². The number of carboxylic acid groups (broad SMARTS) is 1. The molecular weight excluding hydrogens is 486 g/mol. The third-order valence-electron chi connectivity index (χ3n) is 8.66. The first-order valence-electron chi connectivity index (χ1n) is 14.0. The smallest absolute Gasteiger partial charge is 0.313 e. The van der Waals surface area contributed by atoms with Gasteiger partial charge in [-0.1, -0.05) is 90.8 Å². The van der Waals surface area contributed by atoms with Crippen LogP contribution in [0.25, 0.3) is 0 Å². The molecule has 0 amide bonds. The first kappa shape index (κ1) is 28.7. The lowest BCUT2D eigenvalue weighted by molar-refractivity contribution is -0.142. The highest BCUT2D eigenvalue weighted by atomic mass is 16.4. The van der Waals surface area contributed by atoms with Crippen molar-refractivity contribution in [3.05, 3.63) is 106 Å². The summed E-state index contributed by atoms with van der Waals surface area (Å²) in [5, 5.41) is 21.9. The van der Waals surface area contributed by atoms with Crippen LogP contribution in [0.3, 0.4) is 0 Å². The number of likely N-dealkylation sites (tertiary alicyclic amines) is 1. The van der Waals surface area contributed by atoms with E-state index < -0.39 is 17.0 Å². The first-order valence-corrected chi connectivity index (χ1v) is 14.0. The van der Waals surface area contributed by atoms with Gasteiger partial charge in [-0.25, -0.2) is 0 Å². The van der Waals surface area contributed by atoms with Gasteiger partial charge in [-0.3, -0.25) is 14.5 Å². The SMILES string of the molecule is CCC(C(=O)c1ccc(C(C)(C)C(=O)O)cc1)N1CCC(C(O)(c2ccc(C)cc2)c2ccc(C)cc2)CC1. The largest absolute Gasteiger partial charge is 0.481 e. The molecule has 1 aliphatic rings. The highest BCUT2D eigenvalue weighted by Crippen LogP contribution is 2.42. The van der Waals surface area contributed by atoms with E-state index >= 15 is 0 Å². The van der Waals surface area contributed by atoms with Gasteiger partial charge in [0.1, 0.15) is 5.60 Å². The molecule has 1 saturated heterocycles. The van der Waals surface area contributed by atoms with Crippen LogP contribution < -0.4 is 0 Å². The number of aryl methyl sites for hydroxylation is 2. The van der Waals surface area contributed by atoms with Gasteiger partial charge < -0.3 is 10.2 Å². The average molecular weight is 528 g/mol. The molecule has 0 radical (unpaired) electrons. The minimum atomic E-state index is -1.11. The number of rotatable bonds is 9. The number of nitrogens with zero attached hydrogens (tertiary/aromatic N) is 1. The molecule has 0 aromatic heterocycles. The van der Waals surface area contributed by atoms with Crippen LogP contribution in [0, 0.1) is 19.8 Å². The zero-order valence-electron chi connectivity index (χ0n) is 23.8. The van der Waals surface area contributed by atoms with Crippen molar-refractivity contribution < 1.29 is 19.8 Å². The average Bonchev–Trinajstić information content (AvgIpc) is 2.94. The van der Waals surface area contributed by atoms with Crippen molar-refractivity contribution >= 4 is 11.8 Å². The quantitative estimate of drug-likeness (QED) is 0.321. The van der Waals surface area contributed by atoms with Crippen molar-refractivity contribution in [1.29, 1.82) is 0 Å². The van der Waals surface area contributed by atoms with Crippen molar-refractivity contribution in [2.24, 2.45) is 5.92 Å². The monoisotopic (exact) mass is 527 g/mol. The van der Waals surface area contributed by atoms with Crippen LogP contribution in [0.15, 0.2) is 72.8 Å². The number of carboxylic acids is 1. The lowest BCUT2D eigenvalue weighted by Gasteiger charge is -2.44. The number of carbonyl (C=O) groups is 2. The first-order chi connectivity index (χ1) is 18.5. The predicted octanol–water partition coefficient (Wildman–Crippen LogP) is 6.28. The number of benzene rings is 3. The Morgan fingerprint density at radius 1 is 0.821 bits per heavy atom. The normalized spacial score (nSPS) is 16.2. The van der Waals surface area contributed by atoms with Gasteiger partial charge in [0.05, 0.1) is 11.5 Å². The third-order valence-corrected chi connectivity index (χ3v) is 8.66. The van der Waals surface area contributed by atoms with E-state index in [2.05, 4.69) is 43.0 Å². The zero-order valence-corrected chi connectivity index (χ0v) is 23.8. The van der Waals surface area contributed by atoms with Crippen molar-refractivity contribution in [3.63, 3.8) is 0 Å². The molecule has 4 rings (SSSR count). The number of aliphatic carboxylic acids is 1. The van der Waals surface area contributed by atoms with E-state index in [0.29, 0.717) is 17.5 Å². The van der Waals surface area contributed by atoms with Crippen LogP contribution in [-0.4, -0.2) is 46.0 Å². The third kappa shape index (κ3) is 5.70. The molecule has 39 heavy (non-hydrogen) atoms. The summed E-state index contributed by atoms with van der Waals surface area (Å²) in [7, 11) is 0. The molecule has 0 bridgehead atoms. The second-order valence-electron chi connectivity index (χ2n) is 11.6. The van der Waals surface area contributed by atoms with Crippen LogP contribution >= 0.6 is 0 Å². The second-order valence-corrected chi connectivity index (χ2v) is 11.6. The van der Waals surface area contributed by atoms with Gasteiger partial charge in [-0.05, 0) is 82.7 Å². The predicted molar refractivity (Wildman–Crippen MR) is 155 cm³/mol. The maximum atomic E-state index is 13.5. The number of hydrogen-bond donors (Lipinski definition) is 2. The fraction of sp³-hybridized carbons (Fsp3) is 0.412. The molecule has 1 fully saturated rings. The molecule has 2 N–H and O–H groups in total. The minimum Gasteiger partial charge on any atom is -0.481 e. The number of aliphatic hydroxyl groups is 1. The Morgan fingerprint density at radius 2 is 1.26 bits per heavy atom. The standard InChI is InChI=1S/C34H41NO4/c1-6-30(31(36)25-11-17-26(18-12-25)33(4,5)32(37)38)35-21-19-29(20-22-35)34(39,27-13-7-23(2)8-14-27)28-15-9-24(3)10-16-28/h7-18,29-30,39H,6,19-22H2,1-5H3,(H,37,38). The molecule has 3 aromatic rings. The number of carbonyl (C=O) groups excluding carboxylic acids is 1. The highest BCUT2D eigenvalue weighted by molar-refractivity contribution is 6.00. The lowest BCUT2D eigenvalue weighted by atomic mass is 9.71. The molecule has 206 valence electrons. The van der Waals surface area contributed by atoms with Crippen molar-refractivity contribution in [2.45, 2.75) is 70.9 Å². The van der Waals surface area contributed by atoms with Gasteiger partial charge in [-0.15, -0.1) is 0 Å². The van der Waals surface area contributed by atoms with E-state index in [4.69, 9.17) is 0 Å². The number of piperidine rings is 1. The van der Waals surface area contributed by atoms with Crippen LogP contribution in [0.5, 0.6) is 0 Å². The number of ketones is 1. The zero-order chi connectivity index (χ0) is 28.4. The Balaban J connectivity index is 1.53. The van der Waals surface area contributed by atoms with Gasteiger partial charge in [-0.2, -0.15) is 0 Å². The van der Waals surface area contributed by atoms with E-state index in [1.807, 2.05) is 31.2 Å². The number of hydrogen-bond acceptors (Lipinski definition) is 4.